The van der Waals surface area contributed by atoms with Crippen molar-refractivity contribution in [2.24, 2.45) is 0 Å². The largest absolute Gasteiger partial charge is 0.351 e. The fourth-order valence-corrected chi connectivity index (χ4v) is 1.49. The Balaban J connectivity index is 2.68. The maximum Gasteiger partial charge on any atom is 0.0622 e. The fraction of sp³-hybridized carbons (Fsp3) is 0.545. The Labute approximate surface area is 79.8 Å². The zero-order chi connectivity index (χ0) is 9.84. The molecule has 1 heterocycles. The minimum absolute atomic E-state index is 0.649. The standard InChI is InChI=1S/C11H16N2/c1-9-8-13(7-5-4-6-12)11(3)10(9)2/h8H,4-5,7H2,1-3H3. The lowest BCUT2D eigenvalue weighted by molar-refractivity contribution is 0.640. The van der Waals surface area contributed by atoms with Gasteiger partial charge in [-0.15, -0.1) is 0 Å². The number of nitriles is 1. The summed E-state index contributed by atoms with van der Waals surface area (Å²) in [5.74, 6) is 0. The first kappa shape index (κ1) is 9.85. The van der Waals surface area contributed by atoms with Gasteiger partial charge in [0, 0.05) is 24.9 Å². The molecule has 1 aromatic rings. The molecule has 2 heteroatoms. The molecule has 0 amide bonds. The summed E-state index contributed by atoms with van der Waals surface area (Å²) in [4.78, 5) is 0. The highest BCUT2D eigenvalue weighted by molar-refractivity contribution is 5.28. The van der Waals surface area contributed by atoms with E-state index in [0.29, 0.717) is 6.42 Å². The Morgan fingerprint density at radius 1 is 1.38 bits per heavy atom. The van der Waals surface area contributed by atoms with E-state index in [-0.39, 0.29) is 0 Å². The van der Waals surface area contributed by atoms with Crippen LogP contribution in [-0.2, 0) is 6.54 Å². The van der Waals surface area contributed by atoms with Gasteiger partial charge in [0.2, 0.25) is 0 Å². The minimum atomic E-state index is 0.649. The predicted molar refractivity (Wildman–Crippen MR) is 53.5 cm³/mol. The molecule has 0 aliphatic heterocycles. The Kier molecular flexibility index (Phi) is 3.13. The Hall–Kier alpha value is -1.23. The number of rotatable bonds is 3. The molecule has 0 radical (unpaired) electrons. The highest BCUT2D eigenvalue weighted by Gasteiger charge is 2.03. The van der Waals surface area contributed by atoms with Crippen molar-refractivity contribution in [2.75, 3.05) is 0 Å². The lowest BCUT2D eigenvalue weighted by Crippen LogP contribution is -1.98. The first-order valence-electron chi connectivity index (χ1n) is 4.66. The number of unbranched alkanes of at least 4 members (excludes halogenated alkanes) is 1. The molecule has 13 heavy (non-hydrogen) atoms. The maximum atomic E-state index is 8.41. The van der Waals surface area contributed by atoms with Gasteiger partial charge in [0.15, 0.2) is 0 Å². The molecule has 0 aromatic carbocycles. The maximum absolute atomic E-state index is 8.41. The van der Waals surface area contributed by atoms with E-state index in [9.17, 15) is 0 Å². The highest BCUT2D eigenvalue weighted by atomic mass is 15.0. The molecule has 2 nitrogen and oxygen atoms in total. The predicted octanol–water partition coefficient (Wildman–Crippen LogP) is 2.72. The average Bonchev–Trinajstić information content (AvgIpc) is 2.34. The van der Waals surface area contributed by atoms with Crippen molar-refractivity contribution >= 4 is 0 Å². The molecule has 0 atom stereocenters. The number of aromatic nitrogens is 1. The van der Waals surface area contributed by atoms with Gasteiger partial charge < -0.3 is 4.57 Å². The second-order valence-electron chi connectivity index (χ2n) is 3.48. The van der Waals surface area contributed by atoms with Crippen molar-refractivity contribution < 1.29 is 0 Å². The second-order valence-corrected chi connectivity index (χ2v) is 3.48. The number of hydrogen-bond donors (Lipinski definition) is 0. The van der Waals surface area contributed by atoms with E-state index in [2.05, 4.69) is 37.6 Å². The van der Waals surface area contributed by atoms with Crippen molar-refractivity contribution in [3.63, 3.8) is 0 Å². The molecule has 0 aliphatic rings. The normalized spacial score (nSPS) is 10.0. The van der Waals surface area contributed by atoms with Gasteiger partial charge in [0.25, 0.3) is 0 Å². The van der Waals surface area contributed by atoms with Gasteiger partial charge in [0.1, 0.15) is 0 Å². The molecule has 0 fully saturated rings. The van der Waals surface area contributed by atoms with E-state index in [1.807, 2.05) is 0 Å². The quantitative estimate of drug-likeness (QED) is 0.651. The van der Waals surface area contributed by atoms with Gasteiger partial charge in [-0.1, -0.05) is 0 Å². The summed E-state index contributed by atoms with van der Waals surface area (Å²) in [6.07, 6.45) is 3.77. The zero-order valence-corrected chi connectivity index (χ0v) is 8.59. The van der Waals surface area contributed by atoms with Crippen molar-refractivity contribution in [3.05, 3.63) is 23.0 Å². The van der Waals surface area contributed by atoms with Crippen molar-refractivity contribution in [1.82, 2.24) is 4.57 Å². The Morgan fingerprint density at radius 3 is 2.54 bits per heavy atom. The van der Waals surface area contributed by atoms with E-state index in [0.717, 1.165) is 13.0 Å². The average molecular weight is 176 g/mol. The number of nitrogens with zero attached hydrogens (tertiary/aromatic N) is 2. The van der Waals surface area contributed by atoms with Crippen LogP contribution in [0.5, 0.6) is 0 Å². The van der Waals surface area contributed by atoms with Gasteiger partial charge in [-0.3, -0.25) is 0 Å². The summed E-state index contributed by atoms with van der Waals surface area (Å²) in [6.45, 7) is 7.37. The monoisotopic (exact) mass is 176 g/mol. The van der Waals surface area contributed by atoms with Crippen LogP contribution in [0.25, 0.3) is 0 Å². The Morgan fingerprint density at radius 2 is 2.08 bits per heavy atom. The van der Waals surface area contributed by atoms with E-state index in [1.165, 1.54) is 16.8 Å². The van der Waals surface area contributed by atoms with Gasteiger partial charge in [-0.25, -0.2) is 0 Å². The summed E-state index contributed by atoms with van der Waals surface area (Å²) < 4.78 is 2.24. The summed E-state index contributed by atoms with van der Waals surface area (Å²) in [5.41, 5.74) is 4.04. The second kappa shape index (κ2) is 4.13. The van der Waals surface area contributed by atoms with Gasteiger partial charge >= 0.3 is 0 Å². The van der Waals surface area contributed by atoms with Crippen molar-refractivity contribution in [3.8, 4) is 6.07 Å². The van der Waals surface area contributed by atoms with Crippen LogP contribution < -0.4 is 0 Å². The summed E-state index contributed by atoms with van der Waals surface area (Å²) in [5, 5.41) is 8.41. The molecule has 70 valence electrons. The highest BCUT2D eigenvalue weighted by Crippen LogP contribution is 2.14. The van der Waals surface area contributed by atoms with Crippen LogP contribution in [0.2, 0.25) is 0 Å². The zero-order valence-electron chi connectivity index (χ0n) is 8.59. The van der Waals surface area contributed by atoms with E-state index in [4.69, 9.17) is 5.26 Å². The summed E-state index contributed by atoms with van der Waals surface area (Å²) in [7, 11) is 0. The van der Waals surface area contributed by atoms with Gasteiger partial charge in [0.05, 0.1) is 6.07 Å². The summed E-state index contributed by atoms with van der Waals surface area (Å²) >= 11 is 0. The van der Waals surface area contributed by atoms with Crippen LogP contribution in [-0.4, -0.2) is 4.57 Å². The molecular formula is C11H16N2. The van der Waals surface area contributed by atoms with Gasteiger partial charge in [-0.05, 0) is 38.3 Å². The van der Waals surface area contributed by atoms with Crippen LogP contribution in [0, 0.1) is 32.1 Å². The fourth-order valence-electron chi connectivity index (χ4n) is 1.49. The van der Waals surface area contributed by atoms with Crippen molar-refractivity contribution in [2.45, 2.75) is 40.2 Å². The van der Waals surface area contributed by atoms with Crippen LogP contribution in [0.15, 0.2) is 6.20 Å². The van der Waals surface area contributed by atoms with E-state index < -0.39 is 0 Å². The smallest absolute Gasteiger partial charge is 0.0622 e. The first-order valence-corrected chi connectivity index (χ1v) is 4.66. The SMILES string of the molecule is Cc1cn(CCCC#N)c(C)c1C. The molecule has 1 aromatic heterocycles. The first-order chi connectivity index (χ1) is 6.16. The van der Waals surface area contributed by atoms with E-state index in [1.54, 1.807) is 0 Å². The minimum Gasteiger partial charge on any atom is -0.351 e. The molecule has 0 saturated carbocycles. The lowest BCUT2D eigenvalue weighted by atomic mass is 10.2. The van der Waals surface area contributed by atoms with Crippen LogP contribution in [0.4, 0.5) is 0 Å². The van der Waals surface area contributed by atoms with Crippen molar-refractivity contribution in [1.29, 1.82) is 5.26 Å². The van der Waals surface area contributed by atoms with Crippen LogP contribution >= 0.6 is 0 Å². The molecule has 0 bridgehead atoms. The molecule has 1 rings (SSSR count). The van der Waals surface area contributed by atoms with E-state index >= 15 is 0 Å². The topological polar surface area (TPSA) is 28.7 Å². The Bertz CT molecular complexity index is 329. The summed E-state index contributed by atoms with van der Waals surface area (Å²) in [6, 6.07) is 2.17. The number of aryl methyl sites for hydroxylation is 2. The molecule has 0 N–H and O–H groups in total. The molecular weight excluding hydrogens is 160 g/mol. The molecule has 0 unspecified atom stereocenters. The third-order valence-corrected chi connectivity index (χ3v) is 2.60. The third kappa shape index (κ3) is 2.12. The molecule has 0 spiro atoms. The molecule has 0 aliphatic carbocycles. The van der Waals surface area contributed by atoms with Gasteiger partial charge in [-0.2, -0.15) is 5.26 Å². The lowest BCUT2D eigenvalue weighted by Gasteiger charge is -2.03. The van der Waals surface area contributed by atoms with Crippen LogP contribution in [0.1, 0.15) is 29.7 Å². The number of hydrogen-bond acceptors (Lipinski definition) is 1. The molecule has 0 saturated heterocycles. The van der Waals surface area contributed by atoms with Crippen LogP contribution in [0.3, 0.4) is 0 Å². The third-order valence-electron chi connectivity index (χ3n) is 2.60.